The predicted molar refractivity (Wildman–Crippen MR) is 88.0 cm³/mol. The lowest BCUT2D eigenvalue weighted by atomic mass is 10.1. The summed E-state index contributed by atoms with van der Waals surface area (Å²) in [5.41, 5.74) is 5.58. The highest BCUT2D eigenvalue weighted by Gasteiger charge is 2.18. The average molecular weight is 311 g/mol. The van der Waals surface area contributed by atoms with Crippen molar-refractivity contribution in [1.82, 2.24) is 4.57 Å². The van der Waals surface area contributed by atoms with Gasteiger partial charge in [-0.2, -0.15) is 0 Å². The van der Waals surface area contributed by atoms with E-state index in [4.69, 9.17) is 4.74 Å². The molecule has 0 unspecified atom stereocenters. The molecule has 0 spiro atoms. The van der Waals surface area contributed by atoms with Gasteiger partial charge in [-0.25, -0.2) is 4.79 Å². The van der Waals surface area contributed by atoms with Gasteiger partial charge in [0.15, 0.2) is 6.61 Å². The number of ether oxygens (including phenoxy) is 1. The van der Waals surface area contributed by atoms with Gasteiger partial charge >= 0.3 is 5.97 Å². The largest absolute Gasteiger partial charge is 0.454 e. The second kappa shape index (κ2) is 6.03. The maximum absolute atomic E-state index is 12.3. The second-order valence-corrected chi connectivity index (χ2v) is 6.18. The maximum Gasteiger partial charge on any atom is 0.338 e. The summed E-state index contributed by atoms with van der Waals surface area (Å²) in [6, 6.07) is 7.51. The van der Waals surface area contributed by atoms with E-state index in [9.17, 15) is 9.59 Å². The van der Waals surface area contributed by atoms with E-state index in [1.165, 1.54) is 11.1 Å². The fourth-order valence-corrected chi connectivity index (χ4v) is 3.13. The van der Waals surface area contributed by atoms with Crippen LogP contribution < -0.4 is 0 Å². The van der Waals surface area contributed by atoms with Gasteiger partial charge in [0.2, 0.25) is 5.78 Å². The Hall–Kier alpha value is -2.36. The van der Waals surface area contributed by atoms with Gasteiger partial charge in [0, 0.05) is 24.0 Å². The van der Waals surface area contributed by atoms with E-state index in [0.29, 0.717) is 11.1 Å². The summed E-state index contributed by atoms with van der Waals surface area (Å²) in [4.78, 5) is 24.4. The Morgan fingerprint density at radius 3 is 2.57 bits per heavy atom. The van der Waals surface area contributed by atoms with Gasteiger partial charge in [-0.3, -0.25) is 4.79 Å². The number of carbonyl (C=O) groups is 2. The van der Waals surface area contributed by atoms with Crippen LogP contribution in [0.1, 0.15) is 49.7 Å². The van der Waals surface area contributed by atoms with Gasteiger partial charge in [0.25, 0.3) is 0 Å². The first-order valence-corrected chi connectivity index (χ1v) is 7.92. The van der Waals surface area contributed by atoms with E-state index in [2.05, 4.69) is 0 Å². The number of esters is 1. The number of fused-ring (bicyclic) bond motifs is 1. The number of benzene rings is 1. The van der Waals surface area contributed by atoms with E-state index >= 15 is 0 Å². The summed E-state index contributed by atoms with van der Waals surface area (Å²) in [5.74, 6) is -0.598. The van der Waals surface area contributed by atoms with Crippen LogP contribution in [0.5, 0.6) is 0 Å². The Balaban J connectivity index is 1.67. The van der Waals surface area contributed by atoms with Crippen LogP contribution in [0, 0.1) is 13.8 Å². The highest BCUT2D eigenvalue weighted by Crippen LogP contribution is 2.23. The van der Waals surface area contributed by atoms with Crippen LogP contribution in [-0.2, 0) is 24.6 Å². The molecule has 0 radical (unpaired) electrons. The van der Waals surface area contributed by atoms with Crippen LogP contribution in [-0.4, -0.2) is 22.9 Å². The number of carbonyl (C=O) groups excluding carboxylic acids is 2. The highest BCUT2D eigenvalue weighted by atomic mass is 16.5. The summed E-state index contributed by atoms with van der Waals surface area (Å²) in [7, 11) is 1.91. The molecule has 1 aliphatic rings. The van der Waals surface area contributed by atoms with Crippen molar-refractivity contribution >= 4 is 11.8 Å². The van der Waals surface area contributed by atoms with Crippen LogP contribution in [0.25, 0.3) is 0 Å². The highest BCUT2D eigenvalue weighted by molar-refractivity contribution is 6.00. The number of aryl methyl sites for hydroxylation is 3. The molecule has 1 aromatic heterocycles. The lowest BCUT2D eigenvalue weighted by Gasteiger charge is -2.06. The van der Waals surface area contributed by atoms with Crippen molar-refractivity contribution in [3.63, 3.8) is 0 Å². The number of aromatic nitrogens is 1. The molecule has 0 saturated carbocycles. The minimum Gasteiger partial charge on any atom is -0.454 e. The summed E-state index contributed by atoms with van der Waals surface area (Å²) in [6.45, 7) is 3.61. The molecule has 1 aromatic carbocycles. The van der Waals surface area contributed by atoms with E-state index < -0.39 is 5.97 Å². The molecule has 23 heavy (non-hydrogen) atoms. The molecule has 1 heterocycles. The molecule has 1 aliphatic carbocycles. The van der Waals surface area contributed by atoms with Crippen molar-refractivity contribution in [2.45, 2.75) is 33.1 Å². The molecule has 4 heteroatoms. The van der Waals surface area contributed by atoms with Gasteiger partial charge in [0.05, 0.1) is 5.56 Å². The summed E-state index contributed by atoms with van der Waals surface area (Å²) in [6.07, 6.45) is 3.23. The van der Waals surface area contributed by atoms with Crippen LogP contribution in [0.3, 0.4) is 0 Å². The minimum atomic E-state index is -0.432. The SMILES string of the molecule is Cc1cc(C(=O)COC(=O)c2ccc3c(c2)CCC3)c(C)n1C. The smallest absolute Gasteiger partial charge is 0.338 e. The molecule has 2 aromatic rings. The normalized spacial score (nSPS) is 13.0. The van der Waals surface area contributed by atoms with E-state index in [0.717, 1.165) is 30.7 Å². The molecule has 0 bridgehead atoms. The molecule has 3 rings (SSSR count). The van der Waals surface area contributed by atoms with Crippen LogP contribution >= 0.6 is 0 Å². The van der Waals surface area contributed by atoms with Crippen LogP contribution in [0.15, 0.2) is 24.3 Å². The molecule has 0 aliphatic heterocycles. The molecule has 0 saturated heterocycles. The number of hydrogen-bond acceptors (Lipinski definition) is 3. The van der Waals surface area contributed by atoms with Crippen molar-refractivity contribution in [3.8, 4) is 0 Å². The Morgan fingerprint density at radius 2 is 1.87 bits per heavy atom. The topological polar surface area (TPSA) is 48.3 Å². The number of hydrogen-bond donors (Lipinski definition) is 0. The van der Waals surface area contributed by atoms with Gasteiger partial charge in [0.1, 0.15) is 0 Å². The molecule has 4 nitrogen and oxygen atoms in total. The Labute approximate surface area is 136 Å². The van der Waals surface area contributed by atoms with Crippen LogP contribution in [0.4, 0.5) is 0 Å². The second-order valence-electron chi connectivity index (χ2n) is 6.18. The zero-order chi connectivity index (χ0) is 16.6. The Kier molecular flexibility index (Phi) is 4.07. The summed E-state index contributed by atoms with van der Waals surface area (Å²) in [5, 5.41) is 0. The maximum atomic E-state index is 12.3. The van der Waals surface area contributed by atoms with Gasteiger partial charge < -0.3 is 9.30 Å². The summed E-state index contributed by atoms with van der Waals surface area (Å²) >= 11 is 0. The molecule has 0 atom stereocenters. The molecule has 120 valence electrons. The van der Waals surface area contributed by atoms with Crippen LogP contribution in [0.2, 0.25) is 0 Å². The zero-order valence-electron chi connectivity index (χ0n) is 13.8. The van der Waals surface area contributed by atoms with Gasteiger partial charge in [-0.05, 0) is 62.4 Å². The van der Waals surface area contributed by atoms with E-state index in [1.54, 1.807) is 6.07 Å². The Morgan fingerprint density at radius 1 is 1.13 bits per heavy atom. The molecule has 0 amide bonds. The standard InChI is InChI=1S/C19H21NO3/c1-12-9-17(13(2)20(12)3)18(21)11-23-19(22)16-8-7-14-5-4-6-15(14)10-16/h7-10H,4-6,11H2,1-3H3. The van der Waals surface area contributed by atoms with Crippen molar-refractivity contribution in [2.75, 3.05) is 6.61 Å². The third kappa shape index (κ3) is 2.93. The summed E-state index contributed by atoms with van der Waals surface area (Å²) < 4.78 is 7.16. The fraction of sp³-hybridized carbons (Fsp3) is 0.368. The van der Waals surface area contributed by atoms with Gasteiger partial charge in [-0.1, -0.05) is 6.07 Å². The molecule has 0 N–H and O–H groups in total. The first-order chi connectivity index (χ1) is 11.0. The van der Waals surface area contributed by atoms with Crippen molar-refractivity contribution in [2.24, 2.45) is 7.05 Å². The predicted octanol–water partition coefficient (Wildman–Crippen LogP) is 3.17. The molecular weight excluding hydrogens is 290 g/mol. The number of Topliss-reactive ketones (excluding diaryl/α,β-unsaturated/α-hetero) is 1. The fourth-order valence-electron chi connectivity index (χ4n) is 3.13. The monoisotopic (exact) mass is 311 g/mol. The Bertz CT molecular complexity index is 786. The van der Waals surface area contributed by atoms with E-state index in [1.807, 2.05) is 43.7 Å². The lowest BCUT2D eigenvalue weighted by molar-refractivity contribution is 0.0474. The van der Waals surface area contributed by atoms with Crippen molar-refractivity contribution < 1.29 is 14.3 Å². The molecular formula is C19H21NO3. The van der Waals surface area contributed by atoms with E-state index in [-0.39, 0.29) is 12.4 Å². The quantitative estimate of drug-likeness (QED) is 0.643. The number of nitrogens with zero attached hydrogens (tertiary/aromatic N) is 1. The average Bonchev–Trinajstić information content (AvgIpc) is 3.11. The first-order valence-electron chi connectivity index (χ1n) is 7.92. The van der Waals surface area contributed by atoms with Crippen molar-refractivity contribution in [3.05, 3.63) is 57.9 Å². The number of ketones is 1. The third-order valence-corrected chi connectivity index (χ3v) is 4.74. The number of rotatable bonds is 4. The van der Waals surface area contributed by atoms with Crippen molar-refractivity contribution in [1.29, 1.82) is 0 Å². The van der Waals surface area contributed by atoms with Gasteiger partial charge in [-0.15, -0.1) is 0 Å². The lowest BCUT2D eigenvalue weighted by Crippen LogP contribution is -2.15. The zero-order valence-corrected chi connectivity index (χ0v) is 13.8. The first kappa shape index (κ1) is 15.5. The molecule has 0 fully saturated rings. The third-order valence-electron chi connectivity index (χ3n) is 4.74. The minimum absolute atomic E-state index is 0.166.